The van der Waals surface area contributed by atoms with Crippen LogP contribution in [0.25, 0.3) is 11.0 Å². The summed E-state index contributed by atoms with van der Waals surface area (Å²) < 4.78 is 31.7. The highest BCUT2D eigenvalue weighted by atomic mass is 19.3. The summed E-state index contributed by atoms with van der Waals surface area (Å²) in [6.07, 6.45) is 3.03. The molecule has 0 bridgehead atoms. The lowest BCUT2D eigenvalue weighted by atomic mass is 10.00. The van der Waals surface area contributed by atoms with Crippen LogP contribution < -0.4 is 20.5 Å². The molecule has 2 aromatic heterocycles. The van der Waals surface area contributed by atoms with Crippen molar-refractivity contribution >= 4 is 34.3 Å². The van der Waals surface area contributed by atoms with Gasteiger partial charge in [-0.05, 0) is 63.6 Å². The second kappa shape index (κ2) is 9.67. The van der Waals surface area contributed by atoms with E-state index in [0.29, 0.717) is 43.4 Å². The largest absolute Gasteiger partial charge is 0.429 e. The molecule has 3 heterocycles. The molecule has 0 unspecified atom stereocenters. The summed E-state index contributed by atoms with van der Waals surface area (Å²) in [5, 5.41) is 14.3. The van der Waals surface area contributed by atoms with Crippen molar-refractivity contribution in [3.63, 3.8) is 0 Å². The van der Waals surface area contributed by atoms with Crippen LogP contribution >= 0.6 is 0 Å². The normalized spacial score (nSPS) is 22.7. The zero-order valence-electron chi connectivity index (χ0n) is 20.5. The third kappa shape index (κ3) is 4.98. The fourth-order valence-electron chi connectivity index (χ4n) is 5.08. The Morgan fingerprint density at radius 2 is 1.97 bits per heavy atom. The van der Waals surface area contributed by atoms with Crippen LogP contribution in [-0.4, -0.2) is 69.3 Å². The summed E-state index contributed by atoms with van der Waals surface area (Å²) in [6, 6.07) is 7.77. The van der Waals surface area contributed by atoms with E-state index in [2.05, 4.69) is 20.0 Å². The van der Waals surface area contributed by atoms with Gasteiger partial charge in [-0.25, -0.2) is 4.98 Å². The molecule has 1 amide bonds. The van der Waals surface area contributed by atoms with Crippen LogP contribution in [0.5, 0.6) is 5.75 Å². The summed E-state index contributed by atoms with van der Waals surface area (Å²) in [5.41, 5.74) is -0.354. The van der Waals surface area contributed by atoms with Gasteiger partial charge < -0.3 is 20.1 Å². The maximum Gasteiger partial charge on any atom is 0.387 e. The quantitative estimate of drug-likeness (QED) is 0.517. The fourth-order valence-corrected chi connectivity index (χ4v) is 5.08. The first-order chi connectivity index (χ1) is 17.6. The van der Waals surface area contributed by atoms with E-state index in [1.165, 1.54) is 16.8 Å². The molecule has 196 valence electrons. The van der Waals surface area contributed by atoms with Crippen molar-refractivity contribution in [2.24, 2.45) is 0 Å². The summed E-state index contributed by atoms with van der Waals surface area (Å²) >= 11 is 0. The third-order valence-electron chi connectivity index (χ3n) is 6.99. The number of aliphatic hydroxyl groups is 1. The van der Waals surface area contributed by atoms with Crippen LogP contribution in [0.1, 0.15) is 32.2 Å². The molecule has 12 heteroatoms. The van der Waals surface area contributed by atoms with Crippen molar-refractivity contribution in [2.45, 2.75) is 44.4 Å². The molecule has 3 aromatic rings. The Kier molecular flexibility index (Phi) is 6.54. The molecule has 1 saturated carbocycles. The number of carbonyl (C=O) groups is 1. The number of fused-ring (bicyclic) bond motifs is 1. The average Bonchev–Trinajstić information content (AvgIpc) is 3.19. The first-order valence-electron chi connectivity index (χ1n) is 12.1. The molecular formula is C25H28F2N6O4. The summed E-state index contributed by atoms with van der Waals surface area (Å²) in [5.74, 6) is -0.309. The highest BCUT2D eigenvalue weighted by Crippen LogP contribution is 2.40. The van der Waals surface area contributed by atoms with E-state index < -0.39 is 29.6 Å². The Bertz CT molecular complexity index is 1380. The van der Waals surface area contributed by atoms with E-state index in [1.54, 1.807) is 24.0 Å². The first kappa shape index (κ1) is 25.0. The van der Waals surface area contributed by atoms with Crippen molar-refractivity contribution in [3.8, 4) is 5.75 Å². The highest BCUT2D eigenvalue weighted by Gasteiger charge is 2.40. The number of halogens is 2. The number of benzene rings is 1. The van der Waals surface area contributed by atoms with Crippen molar-refractivity contribution in [1.82, 2.24) is 19.4 Å². The number of nitrogens with zero attached hydrogens (tertiary/aromatic N) is 5. The van der Waals surface area contributed by atoms with Gasteiger partial charge in [0.2, 0.25) is 11.9 Å². The molecular weight excluding hydrogens is 486 g/mol. The van der Waals surface area contributed by atoms with Gasteiger partial charge in [0.25, 0.3) is 5.56 Å². The molecule has 0 spiro atoms. The SMILES string of the molecule is CN1CCN(c2ccc(Nc3ncc4cc(OC(F)F)c(=O)n([C@@H]5CCC[C@@]5(C)O)c4n3)cc2)C(=O)C1. The van der Waals surface area contributed by atoms with Gasteiger partial charge in [-0.3, -0.25) is 19.1 Å². The van der Waals surface area contributed by atoms with Crippen LogP contribution in [0.4, 0.5) is 26.1 Å². The number of hydrogen-bond donors (Lipinski definition) is 2. The fraction of sp³-hybridized carbons (Fsp3) is 0.440. The van der Waals surface area contributed by atoms with Crippen LogP contribution in [-0.2, 0) is 4.79 Å². The first-order valence-corrected chi connectivity index (χ1v) is 12.1. The molecule has 10 nitrogen and oxygen atoms in total. The van der Waals surface area contributed by atoms with E-state index in [9.17, 15) is 23.5 Å². The summed E-state index contributed by atoms with van der Waals surface area (Å²) in [4.78, 5) is 38.0. The molecule has 1 aliphatic heterocycles. The zero-order valence-corrected chi connectivity index (χ0v) is 20.5. The van der Waals surface area contributed by atoms with Crippen molar-refractivity contribution in [1.29, 1.82) is 0 Å². The molecule has 5 rings (SSSR count). The predicted molar refractivity (Wildman–Crippen MR) is 134 cm³/mol. The van der Waals surface area contributed by atoms with Gasteiger partial charge in [0.1, 0.15) is 5.65 Å². The molecule has 0 radical (unpaired) electrons. The monoisotopic (exact) mass is 514 g/mol. The van der Waals surface area contributed by atoms with E-state index in [1.807, 2.05) is 24.1 Å². The standard InChI is InChI=1S/C25H28F2N6O4/c1-25(36)9-3-4-19(25)33-21-15(12-18(22(33)35)37-23(26)27)13-28-24(30-21)29-16-5-7-17(8-6-16)32-11-10-31(2)14-20(32)34/h5-8,12-13,19,23,36H,3-4,9-11,14H2,1-2H3,(H,28,29,30)/t19-,25-/m1/s1. The number of piperazine rings is 1. The van der Waals surface area contributed by atoms with Gasteiger partial charge in [-0.1, -0.05) is 0 Å². The number of carbonyl (C=O) groups excluding carboxylic acids is 1. The number of amides is 1. The van der Waals surface area contributed by atoms with Gasteiger partial charge in [-0.15, -0.1) is 0 Å². The lowest BCUT2D eigenvalue weighted by molar-refractivity contribution is -0.120. The topological polar surface area (TPSA) is 113 Å². The van der Waals surface area contributed by atoms with Crippen molar-refractivity contribution in [3.05, 3.63) is 46.9 Å². The number of aromatic nitrogens is 3. The Morgan fingerprint density at radius 1 is 1.22 bits per heavy atom. The molecule has 2 N–H and O–H groups in total. The zero-order chi connectivity index (χ0) is 26.3. The predicted octanol–water partition coefficient (Wildman–Crippen LogP) is 2.89. The maximum absolute atomic E-state index is 13.2. The number of anilines is 3. The Labute approximate surface area is 211 Å². The second-order valence-electron chi connectivity index (χ2n) is 9.76. The third-order valence-corrected chi connectivity index (χ3v) is 6.99. The van der Waals surface area contributed by atoms with Crippen LogP contribution in [0.2, 0.25) is 0 Å². The summed E-state index contributed by atoms with van der Waals surface area (Å²) in [7, 11) is 1.91. The second-order valence-corrected chi connectivity index (χ2v) is 9.76. The maximum atomic E-state index is 13.2. The van der Waals surface area contributed by atoms with Crippen LogP contribution in [0.3, 0.4) is 0 Å². The van der Waals surface area contributed by atoms with E-state index >= 15 is 0 Å². The summed E-state index contributed by atoms with van der Waals surface area (Å²) in [6.45, 7) is 0.210. The number of rotatable bonds is 6. The lowest BCUT2D eigenvalue weighted by Gasteiger charge is -2.32. The number of likely N-dealkylation sites (N-methyl/N-ethyl adjacent to an activating group) is 1. The van der Waals surface area contributed by atoms with E-state index in [4.69, 9.17) is 0 Å². The molecule has 1 aromatic carbocycles. The molecule has 2 atom stereocenters. The molecule has 2 fully saturated rings. The minimum Gasteiger partial charge on any atom is -0.429 e. The minimum absolute atomic E-state index is 0.0308. The number of pyridine rings is 1. The average molecular weight is 515 g/mol. The number of alkyl halides is 2. The van der Waals surface area contributed by atoms with E-state index in [-0.39, 0.29) is 17.5 Å². The van der Waals surface area contributed by atoms with Gasteiger partial charge >= 0.3 is 6.61 Å². The van der Waals surface area contributed by atoms with Crippen molar-refractivity contribution in [2.75, 3.05) is 36.9 Å². The number of hydrogen-bond acceptors (Lipinski definition) is 8. The van der Waals surface area contributed by atoms with Crippen molar-refractivity contribution < 1.29 is 23.4 Å². The molecule has 2 aliphatic rings. The lowest BCUT2D eigenvalue weighted by Crippen LogP contribution is -2.48. The molecule has 37 heavy (non-hydrogen) atoms. The van der Waals surface area contributed by atoms with Gasteiger partial charge in [0.15, 0.2) is 5.75 Å². The number of nitrogens with one attached hydrogen (secondary N) is 1. The Hall–Kier alpha value is -3.64. The van der Waals surface area contributed by atoms with Crippen LogP contribution in [0.15, 0.2) is 41.3 Å². The van der Waals surface area contributed by atoms with Gasteiger partial charge in [0, 0.05) is 36.0 Å². The minimum atomic E-state index is -3.17. The van der Waals surface area contributed by atoms with Gasteiger partial charge in [-0.2, -0.15) is 13.8 Å². The van der Waals surface area contributed by atoms with Crippen LogP contribution in [0, 0.1) is 0 Å². The molecule has 1 aliphatic carbocycles. The number of ether oxygens (including phenoxy) is 1. The molecule has 1 saturated heterocycles. The highest BCUT2D eigenvalue weighted by molar-refractivity contribution is 5.95. The van der Waals surface area contributed by atoms with E-state index in [0.717, 1.165) is 12.2 Å². The Morgan fingerprint density at radius 3 is 2.62 bits per heavy atom. The Balaban J connectivity index is 1.47. The van der Waals surface area contributed by atoms with Gasteiger partial charge in [0.05, 0.1) is 18.2 Å². The smallest absolute Gasteiger partial charge is 0.387 e.